The molecule has 2 aromatic rings. The van der Waals surface area contributed by atoms with Crippen LogP contribution in [0.25, 0.3) is 11.0 Å². The van der Waals surface area contributed by atoms with Crippen molar-refractivity contribution in [3.63, 3.8) is 0 Å². The van der Waals surface area contributed by atoms with Crippen LogP contribution in [0.5, 0.6) is 5.75 Å². The highest BCUT2D eigenvalue weighted by molar-refractivity contribution is 5.90. The van der Waals surface area contributed by atoms with E-state index in [1.807, 2.05) is 4.90 Å². The van der Waals surface area contributed by atoms with Crippen molar-refractivity contribution in [2.24, 2.45) is 0 Å². The molecule has 2 heterocycles. The van der Waals surface area contributed by atoms with Gasteiger partial charge in [-0.2, -0.15) is 0 Å². The summed E-state index contributed by atoms with van der Waals surface area (Å²) >= 11 is 0. The summed E-state index contributed by atoms with van der Waals surface area (Å²) in [6.45, 7) is 1.40. The van der Waals surface area contributed by atoms with Gasteiger partial charge < -0.3 is 14.6 Å². The maximum absolute atomic E-state index is 12.3. The number of amides is 1. The van der Waals surface area contributed by atoms with Crippen LogP contribution in [0.2, 0.25) is 0 Å². The van der Waals surface area contributed by atoms with Crippen LogP contribution >= 0.6 is 0 Å². The lowest BCUT2D eigenvalue weighted by atomic mass is 10.0. The number of benzene rings is 1. The Morgan fingerprint density at radius 2 is 2.15 bits per heavy atom. The lowest BCUT2D eigenvalue weighted by Gasteiger charge is -2.33. The van der Waals surface area contributed by atoms with Crippen LogP contribution in [0.4, 0.5) is 0 Å². The first kappa shape index (κ1) is 18.1. The maximum atomic E-state index is 12.3. The zero-order chi connectivity index (χ0) is 18.7. The molecule has 0 aliphatic carbocycles. The molecule has 1 aromatic heterocycles. The van der Waals surface area contributed by atoms with Crippen LogP contribution < -0.4 is 15.6 Å². The number of carbonyl (C=O) groups excluding carboxylic acids is 2. The molecule has 1 atom stereocenters. The molecule has 1 fully saturated rings. The van der Waals surface area contributed by atoms with Crippen LogP contribution in [-0.2, 0) is 16.1 Å². The second-order valence-electron chi connectivity index (χ2n) is 6.26. The molecule has 138 valence electrons. The van der Waals surface area contributed by atoms with Crippen molar-refractivity contribution in [2.75, 3.05) is 27.2 Å². The number of ketones is 1. The van der Waals surface area contributed by atoms with E-state index in [9.17, 15) is 14.4 Å². The molecule has 3 rings (SSSR count). The van der Waals surface area contributed by atoms with E-state index >= 15 is 0 Å². The molecule has 1 unspecified atom stereocenters. The van der Waals surface area contributed by atoms with Crippen LogP contribution in [0.15, 0.2) is 29.2 Å². The second kappa shape index (κ2) is 7.65. The maximum Gasteiger partial charge on any atom is 0.269 e. The first-order valence-electron chi connectivity index (χ1n) is 8.54. The van der Waals surface area contributed by atoms with Crippen molar-refractivity contribution in [3.05, 3.63) is 34.7 Å². The van der Waals surface area contributed by atoms with Crippen molar-refractivity contribution in [1.29, 1.82) is 0 Å². The smallest absolute Gasteiger partial charge is 0.269 e. The molecule has 0 saturated carbocycles. The van der Waals surface area contributed by atoms with Gasteiger partial charge in [0.25, 0.3) is 5.56 Å². The number of methoxy groups -OCH3 is 1. The van der Waals surface area contributed by atoms with Gasteiger partial charge in [0.2, 0.25) is 5.91 Å². The average Bonchev–Trinajstić information content (AvgIpc) is 2.66. The Hall–Kier alpha value is -2.74. The van der Waals surface area contributed by atoms with Crippen LogP contribution in [0, 0.1) is 0 Å². The van der Waals surface area contributed by atoms with Crippen LogP contribution in [-0.4, -0.2) is 59.4 Å². The summed E-state index contributed by atoms with van der Waals surface area (Å²) in [6, 6.07) is 4.89. The number of nitrogens with zero attached hydrogens (tertiary/aromatic N) is 3. The molecule has 1 amide bonds. The van der Waals surface area contributed by atoms with Gasteiger partial charge >= 0.3 is 0 Å². The quantitative estimate of drug-likeness (QED) is 0.820. The number of carbonyl (C=O) groups is 2. The highest BCUT2D eigenvalue weighted by Gasteiger charge is 2.31. The summed E-state index contributed by atoms with van der Waals surface area (Å²) < 4.78 is 6.87. The third-order valence-electron chi connectivity index (χ3n) is 4.75. The number of hydrogen-bond acceptors (Lipinski definition) is 6. The summed E-state index contributed by atoms with van der Waals surface area (Å²) in [4.78, 5) is 42.3. The van der Waals surface area contributed by atoms with Crippen molar-refractivity contribution >= 4 is 22.7 Å². The summed E-state index contributed by atoms with van der Waals surface area (Å²) in [6.07, 6.45) is 1.93. The summed E-state index contributed by atoms with van der Waals surface area (Å²) in [7, 11) is 3.13. The summed E-state index contributed by atoms with van der Waals surface area (Å²) in [5.41, 5.74) is 1.17. The van der Waals surface area contributed by atoms with E-state index in [0.717, 1.165) is 0 Å². The Balaban J connectivity index is 1.86. The van der Waals surface area contributed by atoms with E-state index in [-0.39, 0.29) is 23.7 Å². The predicted octanol–water partition coefficient (Wildman–Crippen LogP) is 0.185. The van der Waals surface area contributed by atoms with Gasteiger partial charge in [-0.1, -0.05) is 0 Å². The van der Waals surface area contributed by atoms with Gasteiger partial charge in [-0.05, 0) is 12.1 Å². The molecule has 1 aliphatic heterocycles. The summed E-state index contributed by atoms with van der Waals surface area (Å²) in [5.74, 6) is 0.559. The number of aromatic nitrogens is 2. The molecule has 1 aromatic carbocycles. The predicted molar refractivity (Wildman–Crippen MR) is 96.2 cm³/mol. The highest BCUT2D eigenvalue weighted by atomic mass is 16.5. The SMILES string of the molecule is CNC(=O)C1CC(=O)CCN1CCn1c(=O)cnc2ccc(OC)cc21. The normalized spacial score (nSPS) is 18.1. The van der Waals surface area contributed by atoms with E-state index in [4.69, 9.17) is 4.74 Å². The number of likely N-dealkylation sites (tertiary alicyclic amines) is 1. The van der Waals surface area contributed by atoms with Gasteiger partial charge in [0.05, 0.1) is 30.4 Å². The number of hydrogen-bond donors (Lipinski definition) is 1. The fraction of sp³-hybridized carbons (Fsp3) is 0.444. The molecule has 0 bridgehead atoms. The van der Waals surface area contributed by atoms with Gasteiger partial charge in [0.1, 0.15) is 11.5 Å². The molecular formula is C18H22N4O4. The van der Waals surface area contributed by atoms with Gasteiger partial charge in [-0.25, -0.2) is 4.98 Å². The minimum absolute atomic E-state index is 0.0890. The number of Topliss-reactive ketones (excluding diaryl/α,β-unsaturated/α-hetero) is 1. The van der Waals surface area contributed by atoms with Crippen molar-refractivity contribution in [2.45, 2.75) is 25.4 Å². The fourth-order valence-electron chi connectivity index (χ4n) is 3.29. The zero-order valence-electron chi connectivity index (χ0n) is 14.9. The largest absolute Gasteiger partial charge is 0.497 e. The molecule has 0 radical (unpaired) electrons. The standard InChI is InChI=1S/C18H22N4O4/c1-19-18(25)16-9-12(23)5-6-21(16)7-8-22-15-10-13(26-2)3-4-14(15)20-11-17(22)24/h3-4,10-11,16H,5-9H2,1-2H3,(H,19,25). The lowest BCUT2D eigenvalue weighted by Crippen LogP contribution is -2.52. The highest BCUT2D eigenvalue weighted by Crippen LogP contribution is 2.19. The topological polar surface area (TPSA) is 93.5 Å². The lowest BCUT2D eigenvalue weighted by molar-refractivity contribution is -0.134. The monoisotopic (exact) mass is 358 g/mol. The molecule has 1 aliphatic rings. The fourth-order valence-corrected chi connectivity index (χ4v) is 3.29. The first-order valence-corrected chi connectivity index (χ1v) is 8.54. The Kier molecular flexibility index (Phi) is 5.32. The number of piperidine rings is 1. The van der Waals surface area contributed by atoms with Crippen LogP contribution in [0.1, 0.15) is 12.8 Å². The number of ether oxygens (including phenoxy) is 1. The number of fused-ring (bicyclic) bond motifs is 1. The van der Waals surface area contributed by atoms with Crippen LogP contribution in [0.3, 0.4) is 0 Å². The van der Waals surface area contributed by atoms with E-state index in [1.165, 1.54) is 6.20 Å². The first-order chi connectivity index (χ1) is 12.5. The molecule has 1 saturated heterocycles. The van der Waals surface area contributed by atoms with Gasteiger partial charge in [-0.3, -0.25) is 19.3 Å². The third kappa shape index (κ3) is 3.60. The van der Waals surface area contributed by atoms with Gasteiger partial charge in [0.15, 0.2) is 0 Å². The van der Waals surface area contributed by atoms with E-state index in [1.54, 1.807) is 36.9 Å². The third-order valence-corrected chi connectivity index (χ3v) is 4.75. The van der Waals surface area contributed by atoms with E-state index in [2.05, 4.69) is 10.3 Å². The minimum Gasteiger partial charge on any atom is -0.497 e. The average molecular weight is 358 g/mol. The van der Waals surface area contributed by atoms with E-state index in [0.29, 0.717) is 42.8 Å². The molecule has 8 heteroatoms. The summed E-state index contributed by atoms with van der Waals surface area (Å²) in [5, 5.41) is 2.61. The Morgan fingerprint density at radius 3 is 2.88 bits per heavy atom. The second-order valence-corrected chi connectivity index (χ2v) is 6.26. The number of rotatable bonds is 5. The van der Waals surface area contributed by atoms with E-state index < -0.39 is 6.04 Å². The molecular weight excluding hydrogens is 336 g/mol. The Bertz CT molecular complexity index is 892. The number of likely N-dealkylation sites (N-methyl/N-ethyl adjacent to an activating group) is 1. The van der Waals surface area contributed by atoms with Crippen molar-refractivity contribution in [1.82, 2.24) is 19.8 Å². The Labute approximate surface area is 150 Å². The van der Waals surface area contributed by atoms with Gasteiger partial charge in [0, 0.05) is 45.6 Å². The van der Waals surface area contributed by atoms with Gasteiger partial charge in [-0.15, -0.1) is 0 Å². The van der Waals surface area contributed by atoms with Crippen molar-refractivity contribution in [3.8, 4) is 5.75 Å². The number of nitrogens with one attached hydrogen (secondary N) is 1. The zero-order valence-corrected chi connectivity index (χ0v) is 14.9. The molecule has 26 heavy (non-hydrogen) atoms. The minimum atomic E-state index is -0.486. The van der Waals surface area contributed by atoms with Crippen molar-refractivity contribution < 1.29 is 14.3 Å². The Morgan fingerprint density at radius 1 is 1.35 bits per heavy atom. The molecule has 8 nitrogen and oxygen atoms in total. The molecule has 0 spiro atoms. The molecule has 1 N–H and O–H groups in total.